The molecule has 13 heavy (non-hydrogen) atoms. The summed E-state index contributed by atoms with van der Waals surface area (Å²) in [4.78, 5) is 4.93. The Labute approximate surface area is 80.7 Å². The summed E-state index contributed by atoms with van der Waals surface area (Å²) in [6, 6.07) is 0. The van der Waals surface area contributed by atoms with E-state index in [1.165, 1.54) is 11.3 Å². The Morgan fingerprint density at radius 3 is 2.62 bits per heavy atom. The molecule has 0 aliphatic rings. The van der Waals surface area contributed by atoms with Gasteiger partial charge in [0.05, 0.1) is 5.69 Å². The molecule has 0 aromatic carbocycles. The Hall–Kier alpha value is -0.660. The van der Waals surface area contributed by atoms with E-state index in [1.807, 2.05) is 18.6 Å². The normalized spacial score (nSPS) is 11.6. The molecule has 1 rings (SSSR count). The monoisotopic (exact) mass is 222 g/mol. The molecule has 0 saturated heterocycles. The predicted octanol–water partition coefficient (Wildman–Crippen LogP) is 1.23. The van der Waals surface area contributed by atoms with Crippen molar-refractivity contribution in [2.45, 2.75) is 20.3 Å². The minimum atomic E-state index is -4.19. The van der Waals surface area contributed by atoms with Gasteiger partial charge in [0.25, 0.3) is 0 Å². The molecule has 1 aromatic rings. The van der Waals surface area contributed by atoms with Crippen LogP contribution in [0.4, 0.5) is 5.13 Å². The Kier molecular flexibility index (Phi) is 2.89. The van der Waals surface area contributed by atoms with E-state index < -0.39 is 10.3 Å². The highest BCUT2D eigenvalue weighted by Gasteiger charge is 2.10. The molecule has 5 nitrogen and oxygen atoms in total. The van der Waals surface area contributed by atoms with Gasteiger partial charge in [-0.2, -0.15) is 8.42 Å². The van der Waals surface area contributed by atoms with Gasteiger partial charge in [-0.3, -0.25) is 4.55 Å². The third kappa shape index (κ3) is 2.94. The number of hydrogen-bond donors (Lipinski definition) is 2. The van der Waals surface area contributed by atoms with Crippen LogP contribution in [-0.2, 0) is 16.7 Å². The van der Waals surface area contributed by atoms with Gasteiger partial charge in [0.15, 0.2) is 5.13 Å². The molecule has 0 bridgehead atoms. The van der Waals surface area contributed by atoms with Crippen LogP contribution in [0.5, 0.6) is 0 Å². The predicted molar refractivity (Wildman–Crippen MR) is 51.4 cm³/mol. The minimum Gasteiger partial charge on any atom is -0.269 e. The summed E-state index contributed by atoms with van der Waals surface area (Å²) in [6.45, 7) is 3.78. The van der Waals surface area contributed by atoms with Crippen LogP contribution in [0.25, 0.3) is 0 Å². The first-order valence-corrected chi connectivity index (χ1v) is 5.89. The van der Waals surface area contributed by atoms with Crippen LogP contribution < -0.4 is 4.72 Å². The van der Waals surface area contributed by atoms with E-state index in [2.05, 4.69) is 4.98 Å². The lowest BCUT2D eigenvalue weighted by molar-refractivity contribution is 0.489. The molecule has 0 unspecified atom stereocenters. The largest absolute Gasteiger partial charge is 0.359 e. The van der Waals surface area contributed by atoms with Crippen LogP contribution in [0.3, 0.4) is 0 Å². The van der Waals surface area contributed by atoms with Gasteiger partial charge < -0.3 is 0 Å². The van der Waals surface area contributed by atoms with Gasteiger partial charge in [0.2, 0.25) is 0 Å². The highest BCUT2D eigenvalue weighted by atomic mass is 32.2. The summed E-state index contributed by atoms with van der Waals surface area (Å²) in [5.41, 5.74) is 0.844. The highest BCUT2D eigenvalue weighted by Crippen LogP contribution is 2.22. The van der Waals surface area contributed by atoms with Crippen molar-refractivity contribution in [3.8, 4) is 0 Å². The number of hydrogen-bond acceptors (Lipinski definition) is 4. The van der Waals surface area contributed by atoms with Crippen molar-refractivity contribution in [2.75, 3.05) is 4.72 Å². The summed E-state index contributed by atoms with van der Waals surface area (Å²) in [5, 5.41) is 0.205. The Balaban J connectivity index is 2.92. The molecule has 0 aliphatic heterocycles. The van der Waals surface area contributed by atoms with Crippen molar-refractivity contribution in [3.63, 3.8) is 0 Å². The van der Waals surface area contributed by atoms with Gasteiger partial charge in [-0.05, 0) is 13.3 Å². The summed E-state index contributed by atoms with van der Waals surface area (Å²) in [5.74, 6) is 0. The van der Waals surface area contributed by atoms with Crippen molar-refractivity contribution in [3.05, 3.63) is 10.6 Å². The first-order chi connectivity index (χ1) is 5.92. The van der Waals surface area contributed by atoms with E-state index in [1.54, 1.807) is 0 Å². The number of nitrogens with zero attached hydrogens (tertiary/aromatic N) is 1. The van der Waals surface area contributed by atoms with Crippen molar-refractivity contribution in [2.24, 2.45) is 0 Å². The van der Waals surface area contributed by atoms with E-state index in [-0.39, 0.29) is 5.13 Å². The molecule has 0 saturated carbocycles. The second kappa shape index (κ2) is 3.60. The molecule has 0 aliphatic carbocycles. The van der Waals surface area contributed by atoms with Crippen LogP contribution in [0.15, 0.2) is 0 Å². The Bertz CT molecular complexity index is 396. The van der Waals surface area contributed by atoms with Gasteiger partial charge in [0.1, 0.15) is 0 Å². The summed E-state index contributed by atoms with van der Waals surface area (Å²) in [7, 11) is -4.19. The lowest BCUT2D eigenvalue weighted by atomic mass is 10.3. The first kappa shape index (κ1) is 10.4. The average Bonchev–Trinajstić information content (AvgIpc) is 2.26. The Morgan fingerprint density at radius 2 is 2.23 bits per heavy atom. The second-order valence-corrected chi connectivity index (χ2v) is 4.81. The van der Waals surface area contributed by atoms with E-state index >= 15 is 0 Å². The van der Waals surface area contributed by atoms with E-state index in [0.717, 1.165) is 17.0 Å². The molecular weight excluding hydrogens is 212 g/mol. The van der Waals surface area contributed by atoms with Crippen LogP contribution in [0.1, 0.15) is 17.5 Å². The molecule has 0 amide bonds. The molecule has 0 spiro atoms. The quantitative estimate of drug-likeness (QED) is 0.754. The SMILES string of the molecule is CCc1nc(NS(=O)(=O)O)sc1C. The van der Waals surface area contributed by atoms with Gasteiger partial charge in [-0.1, -0.05) is 6.92 Å². The molecule has 1 aromatic heterocycles. The van der Waals surface area contributed by atoms with Crippen LogP contribution >= 0.6 is 11.3 Å². The van der Waals surface area contributed by atoms with Gasteiger partial charge in [-0.25, -0.2) is 9.71 Å². The lowest BCUT2D eigenvalue weighted by Crippen LogP contribution is -2.09. The molecular formula is C6H10N2O3S2. The number of anilines is 1. The van der Waals surface area contributed by atoms with Crippen molar-refractivity contribution in [1.82, 2.24) is 4.98 Å². The molecule has 0 atom stereocenters. The number of thiazole rings is 1. The maximum absolute atomic E-state index is 10.4. The van der Waals surface area contributed by atoms with E-state index in [0.29, 0.717) is 0 Å². The van der Waals surface area contributed by atoms with Crippen LogP contribution in [-0.4, -0.2) is 18.0 Å². The molecule has 0 fully saturated rings. The minimum absolute atomic E-state index is 0.205. The number of rotatable bonds is 3. The zero-order valence-corrected chi connectivity index (χ0v) is 8.87. The third-order valence-corrected chi connectivity index (χ3v) is 2.95. The van der Waals surface area contributed by atoms with Crippen molar-refractivity contribution in [1.29, 1.82) is 0 Å². The lowest BCUT2D eigenvalue weighted by Gasteiger charge is -1.94. The summed E-state index contributed by atoms with van der Waals surface area (Å²) < 4.78 is 31.2. The molecule has 2 N–H and O–H groups in total. The molecule has 0 radical (unpaired) electrons. The van der Waals surface area contributed by atoms with Crippen molar-refractivity contribution >= 4 is 26.8 Å². The molecule has 1 heterocycles. The van der Waals surface area contributed by atoms with E-state index in [4.69, 9.17) is 4.55 Å². The van der Waals surface area contributed by atoms with Crippen LogP contribution in [0, 0.1) is 6.92 Å². The highest BCUT2D eigenvalue weighted by molar-refractivity contribution is 7.87. The topological polar surface area (TPSA) is 79.3 Å². The van der Waals surface area contributed by atoms with Gasteiger partial charge in [-0.15, -0.1) is 11.3 Å². The van der Waals surface area contributed by atoms with Crippen molar-refractivity contribution < 1.29 is 13.0 Å². The molecule has 7 heteroatoms. The van der Waals surface area contributed by atoms with E-state index in [9.17, 15) is 8.42 Å². The second-order valence-electron chi connectivity index (χ2n) is 2.45. The number of nitrogens with one attached hydrogen (secondary N) is 1. The van der Waals surface area contributed by atoms with Gasteiger partial charge in [0, 0.05) is 4.88 Å². The maximum atomic E-state index is 10.4. The molecule has 74 valence electrons. The summed E-state index contributed by atoms with van der Waals surface area (Å²) in [6.07, 6.45) is 0.746. The first-order valence-electron chi connectivity index (χ1n) is 3.64. The third-order valence-electron chi connectivity index (χ3n) is 1.44. The number of aromatic nitrogens is 1. The fourth-order valence-electron chi connectivity index (χ4n) is 0.910. The zero-order chi connectivity index (χ0) is 10.1. The standard InChI is InChI=1S/C6H10N2O3S2/c1-3-5-4(2)12-6(7-5)8-13(9,10)11/h3H2,1-2H3,(H,7,8)(H,9,10,11). The fourth-order valence-corrected chi connectivity index (χ4v) is 2.41. The van der Waals surface area contributed by atoms with Crippen LogP contribution in [0.2, 0.25) is 0 Å². The smallest absolute Gasteiger partial charge is 0.269 e. The fraction of sp³-hybridized carbons (Fsp3) is 0.500. The zero-order valence-electron chi connectivity index (χ0n) is 7.23. The Morgan fingerprint density at radius 1 is 1.62 bits per heavy atom. The maximum Gasteiger partial charge on any atom is 0.359 e. The average molecular weight is 222 g/mol. The number of aryl methyl sites for hydroxylation is 2. The summed E-state index contributed by atoms with van der Waals surface area (Å²) >= 11 is 1.20. The van der Waals surface area contributed by atoms with Gasteiger partial charge >= 0.3 is 10.3 Å².